The highest BCUT2D eigenvalue weighted by Crippen LogP contribution is 2.25. The lowest BCUT2D eigenvalue weighted by molar-refractivity contribution is 1.03. The Morgan fingerprint density at radius 2 is 1.95 bits per heavy atom. The zero-order valence-corrected chi connectivity index (χ0v) is 12.4. The minimum absolute atomic E-state index is 0.536. The smallest absolute Gasteiger partial charge is 0.0997 e. The molecule has 3 aromatic rings. The summed E-state index contributed by atoms with van der Waals surface area (Å²) in [6, 6.07) is 16.4. The fourth-order valence-electron chi connectivity index (χ4n) is 2.20. The van der Waals surface area contributed by atoms with Crippen molar-refractivity contribution in [2.75, 3.05) is 0 Å². The summed E-state index contributed by atoms with van der Waals surface area (Å²) in [7, 11) is 0. The van der Waals surface area contributed by atoms with Gasteiger partial charge in [0.05, 0.1) is 18.2 Å². The SMILES string of the molecule is NCc1cccc(-n2cncc2-c2cccc(Br)c2)c1. The van der Waals surface area contributed by atoms with Gasteiger partial charge in [-0.2, -0.15) is 0 Å². The van der Waals surface area contributed by atoms with E-state index in [4.69, 9.17) is 5.73 Å². The van der Waals surface area contributed by atoms with E-state index in [0.29, 0.717) is 6.54 Å². The topological polar surface area (TPSA) is 43.8 Å². The van der Waals surface area contributed by atoms with Crippen LogP contribution in [-0.4, -0.2) is 9.55 Å². The number of nitrogens with zero attached hydrogens (tertiary/aromatic N) is 2. The summed E-state index contributed by atoms with van der Waals surface area (Å²) in [5.41, 5.74) is 10.1. The summed E-state index contributed by atoms with van der Waals surface area (Å²) in [5.74, 6) is 0. The van der Waals surface area contributed by atoms with Crippen molar-refractivity contribution in [1.82, 2.24) is 9.55 Å². The highest BCUT2D eigenvalue weighted by atomic mass is 79.9. The summed E-state index contributed by atoms with van der Waals surface area (Å²) in [5, 5.41) is 0. The molecule has 3 nitrogen and oxygen atoms in total. The fraction of sp³-hybridized carbons (Fsp3) is 0.0625. The van der Waals surface area contributed by atoms with E-state index in [0.717, 1.165) is 27.0 Å². The molecule has 0 amide bonds. The standard InChI is InChI=1S/C16H14BrN3/c17-14-5-2-4-13(8-14)16-10-19-11-20(16)15-6-1-3-12(7-15)9-18/h1-8,10-11H,9,18H2. The third kappa shape index (κ3) is 2.53. The number of imidazole rings is 1. The highest BCUT2D eigenvalue weighted by Gasteiger charge is 2.07. The third-order valence-electron chi connectivity index (χ3n) is 3.18. The summed E-state index contributed by atoms with van der Waals surface area (Å²) in [4.78, 5) is 4.28. The second-order valence-electron chi connectivity index (χ2n) is 4.53. The average molecular weight is 328 g/mol. The van der Waals surface area contributed by atoms with Gasteiger partial charge in [0.1, 0.15) is 0 Å². The molecule has 0 aliphatic carbocycles. The number of halogens is 1. The van der Waals surface area contributed by atoms with Crippen LogP contribution in [-0.2, 0) is 6.54 Å². The maximum Gasteiger partial charge on any atom is 0.0997 e. The molecule has 0 radical (unpaired) electrons. The van der Waals surface area contributed by atoms with Gasteiger partial charge < -0.3 is 5.73 Å². The monoisotopic (exact) mass is 327 g/mol. The molecule has 4 heteroatoms. The van der Waals surface area contributed by atoms with Crippen LogP contribution in [0.25, 0.3) is 16.9 Å². The summed E-state index contributed by atoms with van der Waals surface area (Å²) in [6.07, 6.45) is 3.70. The van der Waals surface area contributed by atoms with Crippen LogP contribution in [0, 0.1) is 0 Å². The maximum absolute atomic E-state index is 5.71. The minimum atomic E-state index is 0.536. The van der Waals surface area contributed by atoms with Gasteiger partial charge in [-0.15, -0.1) is 0 Å². The van der Waals surface area contributed by atoms with Gasteiger partial charge in [-0.25, -0.2) is 4.98 Å². The molecule has 3 rings (SSSR count). The second-order valence-corrected chi connectivity index (χ2v) is 5.45. The number of aromatic nitrogens is 2. The molecule has 0 bridgehead atoms. The average Bonchev–Trinajstić information content (AvgIpc) is 2.97. The van der Waals surface area contributed by atoms with Gasteiger partial charge in [0.2, 0.25) is 0 Å². The van der Waals surface area contributed by atoms with E-state index in [1.54, 1.807) is 0 Å². The Morgan fingerprint density at radius 1 is 1.10 bits per heavy atom. The molecule has 20 heavy (non-hydrogen) atoms. The number of rotatable bonds is 3. The van der Waals surface area contributed by atoms with E-state index in [1.807, 2.05) is 36.8 Å². The molecule has 0 unspecified atom stereocenters. The summed E-state index contributed by atoms with van der Waals surface area (Å²) >= 11 is 3.51. The zero-order valence-electron chi connectivity index (χ0n) is 10.8. The Morgan fingerprint density at radius 3 is 2.75 bits per heavy atom. The van der Waals surface area contributed by atoms with Crippen molar-refractivity contribution in [3.63, 3.8) is 0 Å². The summed E-state index contributed by atoms with van der Waals surface area (Å²) < 4.78 is 3.12. The largest absolute Gasteiger partial charge is 0.326 e. The van der Waals surface area contributed by atoms with Crippen LogP contribution in [0.5, 0.6) is 0 Å². The molecule has 100 valence electrons. The van der Waals surface area contributed by atoms with E-state index in [2.05, 4.69) is 49.7 Å². The van der Waals surface area contributed by atoms with E-state index >= 15 is 0 Å². The van der Waals surface area contributed by atoms with Crippen molar-refractivity contribution >= 4 is 15.9 Å². The number of hydrogen-bond acceptors (Lipinski definition) is 2. The van der Waals surface area contributed by atoms with Gasteiger partial charge in [0, 0.05) is 22.3 Å². The minimum Gasteiger partial charge on any atom is -0.326 e. The van der Waals surface area contributed by atoms with Crippen molar-refractivity contribution in [2.24, 2.45) is 5.73 Å². The quantitative estimate of drug-likeness (QED) is 0.795. The van der Waals surface area contributed by atoms with Crippen molar-refractivity contribution in [3.8, 4) is 16.9 Å². The maximum atomic E-state index is 5.71. The van der Waals surface area contributed by atoms with Crippen LogP contribution in [0.3, 0.4) is 0 Å². The zero-order chi connectivity index (χ0) is 13.9. The summed E-state index contributed by atoms with van der Waals surface area (Å²) in [6.45, 7) is 0.536. The number of hydrogen-bond donors (Lipinski definition) is 1. The molecule has 0 atom stereocenters. The Balaban J connectivity index is 2.10. The molecule has 0 spiro atoms. The Hall–Kier alpha value is -1.91. The molecule has 0 aliphatic rings. The Bertz CT molecular complexity index is 734. The molecular weight excluding hydrogens is 314 g/mol. The first kappa shape index (κ1) is 13.1. The molecule has 0 aliphatic heterocycles. The predicted octanol–water partition coefficient (Wildman–Crippen LogP) is 3.76. The fourth-order valence-corrected chi connectivity index (χ4v) is 2.59. The van der Waals surface area contributed by atoms with Gasteiger partial charge in [0.15, 0.2) is 0 Å². The second kappa shape index (κ2) is 5.61. The van der Waals surface area contributed by atoms with Gasteiger partial charge in [-0.05, 0) is 29.8 Å². The van der Waals surface area contributed by atoms with Crippen molar-refractivity contribution in [1.29, 1.82) is 0 Å². The molecule has 0 saturated heterocycles. The number of nitrogens with two attached hydrogens (primary N) is 1. The molecule has 2 aromatic carbocycles. The number of benzene rings is 2. The molecule has 0 saturated carbocycles. The van der Waals surface area contributed by atoms with Crippen molar-refractivity contribution < 1.29 is 0 Å². The molecule has 0 fully saturated rings. The van der Waals surface area contributed by atoms with E-state index in [9.17, 15) is 0 Å². The van der Waals surface area contributed by atoms with Crippen molar-refractivity contribution in [3.05, 3.63) is 71.1 Å². The Labute approximate surface area is 126 Å². The lowest BCUT2D eigenvalue weighted by Crippen LogP contribution is -2.00. The molecule has 2 N–H and O–H groups in total. The lowest BCUT2D eigenvalue weighted by Gasteiger charge is -2.10. The first-order valence-electron chi connectivity index (χ1n) is 6.35. The van der Waals surface area contributed by atoms with Gasteiger partial charge in [-0.1, -0.05) is 40.2 Å². The lowest BCUT2D eigenvalue weighted by atomic mass is 10.1. The molecular formula is C16H14BrN3. The van der Waals surface area contributed by atoms with Crippen molar-refractivity contribution in [2.45, 2.75) is 6.54 Å². The Kier molecular flexibility index (Phi) is 3.67. The van der Waals surface area contributed by atoms with Crippen LogP contribution in [0.2, 0.25) is 0 Å². The van der Waals surface area contributed by atoms with Gasteiger partial charge in [0.25, 0.3) is 0 Å². The van der Waals surface area contributed by atoms with Crippen LogP contribution in [0.1, 0.15) is 5.56 Å². The van der Waals surface area contributed by atoms with Crippen LogP contribution >= 0.6 is 15.9 Å². The van der Waals surface area contributed by atoms with E-state index in [1.165, 1.54) is 0 Å². The van der Waals surface area contributed by atoms with Crippen LogP contribution < -0.4 is 5.73 Å². The third-order valence-corrected chi connectivity index (χ3v) is 3.68. The van der Waals surface area contributed by atoms with Gasteiger partial charge in [-0.3, -0.25) is 4.57 Å². The van der Waals surface area contributed by atoms with Gasteiger partial charge >= 0.3 is 0 Å². The molecule has 1 aromatic heterocycles. The highest BCUT2D eigenvalue weighted by molar-refractivity contribution is 9.10. The first-order valence-corrected chi connectivity index (χ1v) is 7.15. The van der Waals surface area contributed by atoms with E-state index in [-0.39, 0.29) is 0 Å². The first-order chi connectivity index (χ1) is 9.78. The predicted molar refractivity (Wildman–Crippen MR) is 84.6 cm³/mol. The van der Waals surface area contributed by atoms with Crippen LogP contribution in [0.4, 0.5) is 0 Å². The van der Waals surface area contributed by atoms with Crippen LogP contribution in [0.15, 0.2) is 65.5 Å². The van der Waals surface area contributed by atoms with E-state index < -0.39 is 0 Å². The normalized spacial score (nSPS) is 10.7. The molecule has 1 heterocycles.